The molecular weight excluding hydrogens is 294 g/mol. The monoisotopic (exact) mass is 321 g/mol. The quantitative estimate of drug-likeness (QED) is 0.767. The normalized spacial score (nSPS) is 15.9. The molecule has 6 heteroatoms. The fourth-order valence-corrected chi connectivity index (χ4v) is 2.58. The lowest BCUT2D eigenvalue weighted by Crippen LogP contribution is -2.42. The maximum absolute atomic E-state index is 12.4. The molecule has 1 aliphatic heterocycles. The summed E-state index contributed by atoms with van der Waals surface area (Å²) in [6.45, 7) is 3.54. The van der Waals surface area contributed by atoms with Gasteiger partial charge in [-0.3, -0.25) is 4.79 Å². The van der Waals surface area contributed by atoms with Gasteiger partial charge in [0.15, 0.2) is 0 Å². The lowest BCUT2D eigenvalue weighted by Gasteiger charge is -2.30. The van der Waals surface area contributed by atoms with Crippen molar-refractivity contribution in [3.05, 3.63) is 29.8 Å². The molecule has 0 radical (unpaired) electrons. The molecule has 1 amide bonds. The summed E-state index contributed by atoms with van der Waals surface area (Å²) >= 11 is 0. The highest BCUT2D eigenvalue weighted by Gasteiger charge is 2.21. The SMILES string of the molecule is CN(CCO)CCOc1ccc(C(=O)N2CCC(N)CC2)cc1. The van der Waals surface area contributed by atoms with E-state index < -0.39 is 0 Å². The molecule has 128 valence electrons. The summed E-state index contributed by atoms with van der Waals surface area (Å²) in [4.78, 5) is 16.3. The Bertz CT molecular complexity index is 484. The van der Waals surface area contributed by atoms with Crippen LogP contribution in [0.1, 0.15) is 23.2 Å². The molecule has 0 aromatic heterocycles. The van der Waals surface area contributed by atoms with Crippen LogP contribution in [0.3, 0.4) is 0 Å². The number of carbonyl (C=O) groups is 1. The summed E-state index contributed by atoms with van der Waals surface area (Å²) in [5, 5.41) is 8.83. The average Bonchev–Trinajstić information content (AvgIpc) is 2.56. The van der Waals surface area contributed by atoms with Crippen molar-refractivity contribution in [1.29, 1.82) is 0 Å². The van der Waals surface area contributed by atoms with Crippen molar-refractivity contribution in [3.63, 3.8) is 0 Å². The molecule has 0 aliphatic carbocycles. The van der Waals surface area contributed by atoms with E-state index in [-0.39, 0.29) is 18.6 Å². The van der Waals surface area contributed by atoms with Gasteiger partial charge in [0.25, 0.3) is 5.91 Å². The van der Waals surface area contributed by atoms with Gasteiger partial charge in [0, 0.05) is 37.8 Å². The number of nitrogens with two attached hydrogens (primary N) is 1. The Kier molecular flexibility index (Phi) is 6.83. The second-order valence-electron chi connectivity index (χ2n) is 6.03. The van der Waals surface area contributed by atoms with Crippen molar-refractivity contribution in [2.75, 3.05) is 46.4 Å². The van der Waals surface area contributed by atoms with Gasteiger partial charge in [-0.2, -0.15) is 0 Å². The van der Waals surface area contributed by atoms with Gasteiger partial charge in [0.05, 0.1) is 6.61 Å². The highest BCUT2D eigenvalue weighted by Crippen LogP contribution is 2.16. The molecule has 23 heavy (non-hydrogen) atoms. The Morgan fingerprint density at radius 2 is 1.96 bits per heavy atom. The number of benzene rings is 1. The Morgan fingerprint density at radius 1 is 1.30 bits per heavy atom. The third-order valence-corrected chi connectivity index (χ3v) is 4.15. The fourth-order valence-electron chi connectivity index (χ4n) is 2.58. The molecule has 6 nitrogen and oxygen atoms in total. The number of likely N-dealkylation sites (N-methyl/N-ethyl adjacent to an activating group) is 1. The number of aliphatic hydroxyl groups excluding tert-OH is 1. The number of hydrogen-bond acceptors (Lipinski definition) is 5. The Labute approximate surface area is 137 Å². The molecule has 0 bridgehead atoms. The van der Waals surface area contributed by atoms with Gasteiger partial charge in [0.1, 0.15) is 12.4 Å². The predicted octanol–water partition coefficient (Wildman–Crippen LogP) is 0.553. The van der Waals surface area contributed by atoms with Gasteiger partial charge < -0.3 is 25.4 Å². The van der Waals surface area contributed by atoms with Gasteiger partial charge in [-0.15, -0.1) is 0 Å². The van der Waals surface area contributed by atoms with Crippen LogP contribution in [0.15, 0.2) is 24.3 Å². The largest absolute Gasteiger partial charge is 0.492 e. The summed E-state index contributed by atoms with van der Waals surface area (Å²) in [5.74, 6) is 0.811. The van der Waals surface area contributed by atoms with Gasteiger partial charge >= 0.3 is 0 Å². The van der Waals surface area contributed by atoms with Crippen molar-refractivity contribution in [2.45, 2.75) is 18.9 Å². The van der Waals surface area contributed by atoms with Crippen LogP contribution >= 0.6 is 0 Å². The van der Waals surface area contributed by atoms with E-state index in [1.165, 1.54) is 0 Å². The average molecular weight is 321 g/mol. The molecular formula is C17H27N3O3. The topological polar surface area (TPSA) is 79.0 Å². The van der Waals surface area contributed by atoms with Crippen molar-refractivity contribution >= 4 is 5.91 Å². The first-order chi connectivity index (χ1) is 11.1. The number of amides is 1. The predicted molar refractivity (Wildman–Crippen MR) is 89.6 cm³/mol. The second kappa shape index (κ2) is 8.86. The first-order valence-corrected chi connectivity index (χ1v) is 8.17. The van der Waals surface area contributed by atoms with Crippen LogP contribution in [0.2, 0.25) is 0 Å². The van der Waals surface area contributed by atoms with Crippen molar-refractivity contribution in [3.8, 4) is 5.75 Å². The van der Waals surface area contributed by atoms with Gasteiger partial charge in [-0.05, 0) is 44.2 Å². The van der Waals surface area contributed by atoms with Crippen LogP contribution in [-0.4, -0.2) is 73.3 Å². The van der Waals surface area contributed by atoms with Crippen molar-refractivity contribution in [1.82, 2.24) is 9.80 Å². The minimum Gasteiger partial charge on any atom is -0.492 e. The van der Waals surface area contributed by atoms with E-state index in [1.54, 1.807) is 0 Å². The lowest BCUT2D eigenvalue weighted by atomic mass is 10.0. The van der Waals surface area contributed by atoms with Crippen LogP contribution in [0.25, 0.3) is 0 Å². The molecule has 2 rings (SSSR count). The van der Waals surface area contributed by atoms with E-state index in [2.05, 4.69) is 0 Å². The highest BCUT2D eigenvalue weighted by atomic mass is 16.5. The van der Waals surface area contributed by atoms with Crippen LogP contribution in [-0.2, 0) is 0 Å². The molecule has 1 aromatic carbocycles. The van der Waals surface area contributed by atoms with Gasteiger partial charge in [-0.25, -0.2) is 0 Å². The van der Waals surface area contributed by atoms with Gasteiger partial charge in [0.2, 0.25) is 0 Å². The number of ether oxygens (including phenoxy) is 1. The Balaban J connectivity index is 1.81. The number of likely N-dealkylation sites (tertiary alicyclic amines) is 1. The van der Waals surface area contributed by atoms with Crippen molar-refractivity contribution in [2.24, 2.45) is 5.73 Å². The minimum absolute atomic E-state index is 0.0612. The number of rotatable bonds is 7. The van der Waals surface area contributed by atoms with E-state index in [9.17, 15) is 4.79 Å². The molecule has 0 spiro atoms. The number of nitrogens with zero attached hydrogens (tertiary/aromatic N) is 2. The van der Waals surface area contributed by atoms with Crippen LogP contribution in [0.4, 0.5) is 0 Å². The standard InChI is InChI=1S/C17H27N3O3/c1-19(10-12-21)11-13-23-16-4-2-14(3-5-16)17(22)20-8-6-15(18)7-9-20/h2-5,15,21H,6-13,18H2,1H3. The third-order valence-electron chi connectivity index (χ3n) is 4.15. The molecule has 0 saturated carbocycles. The summed E-state index contributed by atoms with van der Waals surface area (Å²) in [6.07, 6.45) is 1.74. The summed E-state index contributed by atoms with van der Waals surface area (Å²) < 4.78 is 5.65. The highest BCUT2D eigenvalue weighted by molar-refractivity contribution is 5.94. The van der Waals surface area contributed by atoms with E-state index in [4.69, 9.17) is 15.6 Å². The Morgan fingerprint density at radius 3 is 2.57 bits per heavy atom. The van der Waals surface area contributed by atoms with Gasteiger partial charge in [-0.1, -0.05) is 0 Å². The zero-order valence-electron chi connectivity index (χ0n) is 13.8. The summed E-state index contributed by atoms with van der Waals surface area (Å²) in [7, 11) is 1.94. The molecule has 1 saturated heterocycles. The summed E-state index contributed by atoms with van der Waals surface area (Å²) in [5.41, 5.74) is 6.56. The van der Waals surface area contributed by atoms with E-state index in [1.807, 2.05) is 41.1 Å². The molecule has 0 atom stereocenters. The molecule has 0 unspecified atom stereocenters. The Hall–Kier alpha value is -1.63. The van der Waals surface area contributed by atoms with Crippen LogP contribution < -0.4 is 10.5 Å². The maximum atomic E-state index is 12.4. The van der Waals surface area contributed by atoms with Crippen molar-refractivity contribution < 1.29 is 14.6 Å². The lowest BCUT2D eigenvalue weighted by molar-refractivity contribution is 0.0714. The van der Waals surface area contributed by atoms with E-state index >= 15 is 0 Å². The molecule has 3 N–H and O–H groups in total. The first kappa shape index (κ1) is 17.7. The third kappa shape index (κ3) is 5.49. The zero-order valence-corrected chi connectivity index (χ0v) is 13.8. The minimum atomic E-state index is 0.0612. The molecule has 1 aromatic rings. The second-order valence-corrected chi connectivity index (χ2v) is 6.03. The zero-order chi connectivity index (χ0) is 16.7. The van der Waals surface area contributed by atoms with E-state index in [0.717, 1.165) is 38.2 Å². The number of carbonyl (C=O) groups excluding carboxylic acids is 1. The summed E-state index contributed by atoms with van der Waals surface area (Å²) in [6, 6.07) is 7.50. The first-order valence-electron chi connectivity index (χ1n) is 8.17. The smallest absolute Gasteiger partial charge is 0.253 e. The van der Waals surface area contributed by atoms with E-state index in [0.29, 0.717) is 18.7 Å². The molecule has 1 fully saturated rings. The van der Waals surface area contributed by atoms with Crippen LogP contribution in [0.5, 0.6) is 5.75 Å². The maximum Gasteiger partial charge on any atom is 0.253 e. The fraction of sp³-hybridized carbons (Fsp3) is 0.588. The molecule has 1 aliphatic rings. The number of aliphatic hydroxyl groups is 1. The molecule has 1 heterocycles. The van der Waals surface area contributed by atoms with Crippen LogP contribution in [0, 0.1) is 0 Å². The number of piperidine rings is 1. The number of hydrogen-bond donors (Lipinski definition) is 2.